The highest BCUT2D eigenvalue weighted by Gasteiger charge is 2.33. The average molecular weight is 592 g/mol. The van der Waals surface area contributed by atoms with Crippen LogP contribution < -0.4 is 19.6 Å². The van der Waals surface area contributed by atoms with Crippen LogP contribution in [-0.4, -0.2) is 28.3 Å². The minimum absolute atomic E-state index is 0.202. The number of nitrogens with zero attached hydrogens (tertiary/aromatic N) is 3. The summed E-state index contributed by atoms with van der Waals surface area (Å²) in [5, 5.41) is 2.33. The zero-order chi connectivity index (χ0) is 30.2. The lowest BCUT2D eigenvalue weighted by Gasteiger charge is -2.24. The topological polar surface area (TPSA) is 74.8 Å². The lowest BCUT2D eigenvalue weighted by atomic mass is 9.96. The van der Waals surface area contributed by atoms with Crippen molar-refractivity contribution in [2.75, 3.05) is 13.2 Å². The van der Waals surface area contributed by atoms with Crippen molar-refractivity contribution in [1.82, 2.24) is 9.13 Å². The molecule has 0 amide bonds. The van der Waals surface area contributed by atoms with E-state index in [1.165, 1.54) is 16.7 Å². The van der Waals surface area contributed by atoms with E-state index in [0.717, 1.165) is 39.3 Å². The molecule has 2 aromatic heterocycles. The molecule has 0 radical (unpaired) electrons. The Bertz CT molecular complexity index is 2070. The first kappa shape index (κ1) is 28.4. The number of hydrogen-bond acceptors (Lipinski definition) is 6. The normalized spacial score (nSPS) is 15.0. The summed E-state index contributed by atoms with van der Waals surface area (Å²) < 4.78 is 15.5. The lowest BCUT2D eigenvalue weighted by molar-refractivity contribution is -0.139. The van der Waals surface area contributed by atoms with Crippen LogP contribution >= 0.6 is 11.3 Å². The number of benzene rings is 3. The smallest absolute Gasteiger partial charge is 0.338 e. The van der Waals surface area contributed by atoms with Gasteiger partial charge in [0.2, 0.25) is 0 Å². The van der Waals surface area contributed by atoms with Gasteiger partial charge < -0.3 is 14.0 Å². The standard InChI is InChI=1S/C35H33N3O4S/c1-6-41-27-17-15-25(16-18-27)32-31(34(40)42-7-2)22(4)36-35-38(32)33(39)30(43-35)20-26-19-21(3)37(23(26)5)29-14-10-12-24-11-8-9-13-28(24)29/h8-20,32H,6-7H2,1-5H3. The van der Waals surface area contributed by atoms with Gasteiger partial charge in [-0.15, -0.1) is 0 Å². The first-order valence-corrected chi connectivity index (χ1v) is 15.2. The van der Waals surface area contributed by atoms with E-state index < -0.39 is 12.0 Å². The lowest BCUT2D eigenvalue weighted by Crippen LogP contribution is -2.39. The van der Waals surface area contributed by atoms with Gasteiger partial charge in [-0.2, -0.15) is 0 Å². The monoisotopic (exact) mass is 591 g/mol. The zero-order valence-electron chi connectivity index (χ0n) is 24.9. The number of thiazole rings is 1. The van der Waals surface area contributed by atoms with Gasteiger partial charge >= 0.3 is 5.97 Å². The Labute approximate surface area is 253 Å². The third-order valence-electron chi connectivity index (χ3n) is 7.79. The molecule has 0 spiro atoms. The van der Waals surface area contributed by atoms with Crippen LogP contribution in [0.25, 0.3) is 22.5 Å². The Morgan fingerprint density at radius 2 is 1.72 bits per heavy atom. The van der Waals surface area contributed by atoms with Gasteiger partial charge in [0.05, 0.1) is 40.7 Å². The number of esters is 1. The van der Waals surface area contributed by atoms with Crippen molar-refractivity contribution in [3.63, 3.8) is 0 Å². The molecule has 3 aromatic carbocycles. The molecule has 5 aromatic rings. The van der Waals surface area contributed by atoms with E-state index in [-0.39, 0.29) is 12.2 Å². The Morgan fingerprint density at radius 1 is 0.977 bits per heavy atom. The molecule has 0 N–H and O–H groups in total. The summed E-state index contributed by atoms with van der Waals surface area (Å²) >= 11 is 1.33. The van der Waals surface area contributed by atoms with Crippen LogP contribution in [-0.2, 0) is 9.53 Å². The number of ether oxygens (including phenoxy) is 2. The number of aryl methyl sites for hydroxylation is 1. The maximum absolute atomic E-state index is 14.1. The fourth-order valence-corrected chi connectivity index (χ4v) is 6.91. The first-order chi connectivity index (χ1) is 20.8. The first-order valence-electron chi connectivity index (χ1n) is 14.4. The Hall–Kier alpha value is -4.69. The van der Waals surface area contributed by atoms with Crippen LogP contribution in [0, 0.1) is 13.8 Å². The molecule has 0 bridgehead atoms. The molecule has 7 nitrogen and oxygen atoms in total. The van der Waals surface area contributed by atoms with Crippen molar-refractivity contribution in [2.45, 2.75) is 40.7 Å². The van der Waals surface area contributed by atoms with Crippen LogP contribution in [0.1, 0.15) is 49.3 Å². The molecule has 0 saturated carbocycles. The second kappa shape index (κ2) is 11.5. The van der Waals surface area contributed by atoms with Gasteiger partial charge in [-0.1, -0.05) is 59.9 Å². The van der Waals surface area contributed by atoms with Gasteiger partial charge in [0.1, 0.15) is 5.75 Å². The quantitative estimate of drug-likeness (QED) is 0.226. The predicted molar refractivity (Wildman–Crippen MR) is 171 cm³/mol. The Balaban J connectivity index is 1.51. The summed E-state index contributed by atoms with van der Waals surface area (Å²) in [5.74, 6) is 0.245. The summed E-state index contributed by atoms with van der Waals surface area (Å²) in [7, 11) is 0. The molecule has 3 heterocycles. The molecule has 0 aliphatic carbocycles. The summed E-state index contributed by atoms with van der Waals surface area (Å²) in [6.45, 7) is 10.4. The molecular formula is C35H33N3O4S. The molecule has 1 aliphatic rings. The SMILES string of the molecule is CCOC(=O)C1=C(C)N=c2sc(=Cc3cc(C)n(-c4cccc5ccccc45)c3C)c(=O)n2C1c1ccc(OCC)cc1. The largest absolute Gasteiger partial charge is 0.494 e. The highest BCUT2D eigenvalue weighted by atomic mass is 32.1. The second-order valence-corrected chi connectivity index (χ2v) is 11.5. The van der Waals surface area contributed by atoms with E-state index in [1.807, 2.05) is 43.3 Å². The maximum atomic E-state index is 14.1. The maximum Gasteiger partial charge on any atom is 0.338 e. The summed E-state index contributed by atoms with van der Waals surface area (Å²) in [6, 6.07) is 23.6. The number of aromatic nitrogens is 2. The van der Waals surface area contributed by atoms with Gasteiger partial charge in [0.15, 0.2) is 4.80 Å². The Kier molecular flexibility index (Phi) is 7.62. The van der Waals surface area contributed by atoms with E-state index in [0.29, 0.717) is 27.2 Å². The third kappa shape index (κ3) is 5.02. The molecule has 8 heteroatoms. The van der Waals surface area contributed by atoms with Crippen LogP contribution in [0.3, 0.4) is 0 Å². The van der Waals surface area contributed by atoms with E-state index in [9.17, 15) is 9.59 Å². The van der Waals surface area contributed by atoms with Crippen LogP contribution in [0.4, 0.5) is 0 Å². The van der Waals surface area contributed by atoms with Gasteiger partial charge in [0, 0.05) is 16.8 Å². The van der Waals surface area contributed by atoms with E-state index in [1.54, 1.807) is 18.4 Å². The van der Waals surface area contributed by atoms with Crippen molar-refractivity contribution in [3.8, 4) is 11.4 Å². The van der Waals surface area contributed by atoms with E-state index in [2.05, 4.69) is 60.9 Å². The molecular weight excluding hydrogens is 558 g/mol. The van der Waals surface area contributed by atoms with Gasteiger partial charge in [-0.25, -0.2) is 9.79 Å². The highest BCUT2D eigenvalue weighted by molar-refractivity contribution is 7.07. The second-order valence-electron chi connectivity index (χ2n) is 10.5. The number of hydrogen-bond donors (Lipinski definition) is 0. The van der Waals surface area contributed by atoms with E-state index in [4.69, 9.17) is 14.5 Å². The molecule has 6 rings (SSSR count). The van der Waals surface area contributed by atoms with Gasteiger partial charge in [-0.05, 0) is 81.5 Å². The zero-order valence-corrected chi connectivity index (χ0v) is 25.7. The number of rotatable bonds is 7. The number of carbonyl (C=O) groups is 1. The van der Waals surface area contributed by atoms with Crippen molar-refractivity contribution >= 4 is 34.2 Å². The Morgan fingerprint density at radius 3 is 2.47 bits per heavy atom. The minimum Gasteiger partial charge on any atom is -0.494 e. The van der Waals surface area contributed by atoms with Crippen LogP contribution in [0.5, 0.6) is 5.75 Å². The third-order valence-corrected chi connectivity index (χ3v) is 8.77. The van der Waals surface area contributed by atoms with Gasteiger partial charge in [0.25, 0.3) is 5.56 Å². The molecule has 0 fully saturated rings. The molecule has 1 unspecified atom stereocenters. The van der Waals surface area contributed by atoms with Crippen molar-refractivity contribution in [3.05, 3.63) is 126 Å². The van der Waals surface area contributed by atoms with Gasteiger partial charge in [-0.3, -0.25) is 9.36 Å². The fourth-order valence-electron chi connectivity index (χ4n) is 5.87. The predicted octanol–water partition coefficient (Wildman–Crippen LogP) is 5.76. The van der Waals surface area contributed by atoms with Crippen LogP contribution in [0.2, 0.25) is 0 Å². The molecule has 1 aliphatic heterocycles. The number of fused-ring (bicyclic) bond motifs is 2. The minimum atomic E-state index is -0.670. The molecule has 1 atom stereocenters. The molecule has 218 valence electrons. The summed E-state index contributed by atoms with van der Waals surface area (Å²) in [4.78, 5) is 32.6. The molecule has 0 saturated heterocycles. The fraction of sp³-hybridized carbons (Fsp3) is 0.229. The van der Waals surface area contributed by atoms with Crippen molar-refractivity contribution in [2.24, 2.45) is 4.99 Å². The molecule has 43 heavy (non-hydrogen) atoms. The summed E-state index contributed by atoms with van der Waals surface area (Å²) in [6.07, 6.45) is 1.94. The number of allylic oxidation sites excluding steroid dienone is 1. The van der Waals surface area contributed by atoms with Crippen molar-refractivity contribution < 1.29 is 14.3 Å². The average Bonchev–Trinajstić information content (AvgIpc) is 3.46. The van der Waals surface area contributed by atoms with Crippen LogP contribution in [0.15, 0.2) is 93.9 Å². The van der Waals surface area contributed by atoms with Crippen molar-refractivity contribution in [1.29, 1.82) is 0 Å². The number of carbonyl (C=O) groups excluding carboxylic acids is 1. The highest BCUT2D eigenvalue weighted by Crippen LogP contribution is 2.32. The van der Waals surface area contributed by atoms with E-state index >= 15 is 0 Å². The summed E-state index contributed by atoms with van der Waals surface area (Å²) in [5.41, 5.74) is 5.63.